The fourth-order valence-corrected chi connectivity index (χ4v) is 6.59. The smallest absolute Gasteiger partial charge is 0.348 e. The third-order valence-electron chi connectivity index (χ3n) is 5.77. The van der Waals surface area contributed by atoms with Crippen LogP contribution in [0.3, 0.4) is 0 Å². The zero-order valence-electron chi connectivity index (χ0n) is 18.9. The molecule has 33 heavy (non-hydrogen) atoms. The Hall–Kier alpha value is -1.90. The molecule has 0 radical (unpaired) electrons. The number of fused-ring (bicyclic) bond motifs is 1. The van der Waals surface area contributed by atoms with E-state index in [1.807, 2.05) is 19.1 Å². The number of nitrogens with zero attached hydrogens (tertiary/aromatic N) is 2. The van der Waals surface area contributed by atoms with Gasteiger partial charge in [-0.3, -0.25) is 9.36 Å². The first-order chi connectivity index (χ1) is 16.0. The maximum atomic E-state index is 13.6. The third kappa shape index (κ3) is 5.61. The summed E-state index contributed by atoms with van der Waals surface area (Å²) in [6.07, 6.45) is 7.87. The molecule has 1 aromatic carbocycles. The molecule has 0 bridgehead atoms. The summed E-state index contributed by atoms with van der Waals surface area (Å²) in [5, 5.41) is 1.23. The lowest BCUT2D eigenvalue weighted by Crippen LogP contribution is -2.24. The van der Waals surface area contributed by atoms with E-state index in [1.165, 1.54) is 29.8 Å². The second-order valence-electron chi connectivity index (χ2n) is 8.08. The second-order valence-corrected chi connectivity index (χ2v) is 10.9. The van der Waals surface area contributed by atoms with E-state index in [1.54, 1.807) is 23.3 Å². The summed E-state index contributed by atoms with van der Waals surface area (Å²) >= 11 is 6.33. The van der Waals surface area contributed by atoms with Gasteiger partial charge in [0.1, 0.15) is 9.71 Å². The van der Waals surface area contributed by atoms with E-state index in [0.29, 0.717) is 44.7 Å². The van der Waals surface area contributed by atoms with Gasteiger partial charge in [-0.05, 0) is 69.2 Å². The van der Waals surface area contributed by atoms with Crippen molar-refractivity contribution in [1.82, 2.24) is 9.55 Å². The van der Waals surface area contributed by atoms with Gasteiger partial charge in [-0.2, -0.15) is 0 Å². The van der Waals surface area contributed by atoms with Gasteiger partial charge in [-0.15, -0.1) is 11.3 Å². The Kier molecular flexibility index (Phi) is 8.09. The Morgan fingerprint density at radius 2 is 2.18 bits per heavy atom. The van der Waals surface area contributed by atoms with Crippen molar-refractivity contribution in [2.24, 2.45) is 0 Å². The Balaban J connectivity index is 1.72. The van der Waals surface area contributed by atoms with E-state index in [-0.39, 0.29) is 11.5 Å². The average Bonchev–Trinajstić information content (AvgIpc) is 3.14. The minimum Gasteiger partial charge on any atom is -0.462 e. The lowest BCUT2D eigenvalue weighted by Gasteiger charge is -2.16. The number of halogens is 1. The first-order valence-corrected chi connectivity index (χ1v) is 13.8. The molecule has 5 nitrogen and oxygen atoms in total. The standard InChI is InChI=1S/C25H27BrN2O3S2/c1-3-31-24(30)21-16(2)20-22(33-21)27-25(32-15-18-10-7-11-19(26)14-18)28(23(20)29)13-12-17-8-5-4-6-9-17/h7-8,10-11,14H,3-6,9,12-13,15H2,1-2H3. The molecule has 0 unspecified atom stereocenters. The van der Waals surface area contributed by atoms with Crippen LogP contribution in [0.4, 0.5) is 0 Å². The molecule has 0 amide bonds. The maximum Gasteiger partial charge on any atom is 0.348 e. The number of carbonyl (C=O) groups excluding carboxylic acids is 1. The highest BCUT2D eigenvalue weighted by atomic mass is 79.9. The number of allylic oxidation sites excluding steroid dienone is 2. The lowest BCUT2D eigenvalue weighted by molar-refractivity contribution is 0.0531. The number of aromatic nitrogens is 2. The highest BCUT2D eigenvalue weighted by molar-refractivity contribution is 9.10. The van der Waals surface area contributed by atoms with Gasteiger partial charge in [0.15, 0.2) is 5.16 Å². The minimum absolute atomic E-state index is 0.0718. The van der Waals surface area contributed by atoms with Crippen LogP contribution in [0, 0.1) is 6.92 Å². The van der Waals surface area contributed by atoms with Gasteiger partial charge in [-0.1, -0.05) is 51.5 Å². The molecular weight excluding hydrogens is 520 g/mol. The molecule has 0 atom stereocenters. The van der Waals surface area contributed by atoms with Crippen molar-refractivity contribution in [2.75, 3.05) is 6.61 Å². The Labute approximate surface area is 210 Å². The summed E-state index contributed by atoms with van der Waals surface area (Å²) in [4.78, 5) is 32.0. The number of carbonyl (C=O) groups is 1. The number of rotatable bonds is 8. The molecule has 0 aliphatic heterocycles. The van der Waals surface area contributed by atoms with Crippen LogP contribution in [0.25, 0.3) is 10.2 Å². The summed E-state index contributed by atoms with van der Waals surface area (Å²) in [5.74, 6) is 0.314. The van der Waals surface area contributed by atoms with Gasteiger partial charge >= 0.3 is 5.97 Å². The minimum atomic E-state index is -0.389. The maximum absolute atomic E-state index is 13.6. The summed E-state index contributed by atoms with van der Waals surface area (Å²) < 4.78 is 8.03. The molecule has 8 heteroatoms. The normalized spacial score (nSPS) is 13.8. The molecule has 0 saturated heterocycles. The first kappa shape index (κ1) is 24.2. The monoisotopic (exact) mass is 546 g/mol. The fourth-order valence-electron chi connectivity index (χ4n) is 4.06. The molecule has 174 valence electrons. The van der Waals surface area contributed by atoms with Crippen LogP contribution >= 0.6 is 39.0 Å². The van der Waals surface area contributed by atoms with Crippen LogP contribution in [-0.2, 0) is 17.0 Å². The van der Waals surface area contributed by atoms with Crippen molar-refractivity contribution < 1.29 is 9.53 Å². The number of hydrogen-bond acceptors (Lipinski definition) is 6. The van der Waals surface area contributed by atoms with Gasteiger partial charge < -0.3 is 4.74 Å². The van der Waals surface area contributed by atoms with E-state index in [9.17, 15) is 9.59 Å². The van der Waals surface area contributed by atoms with E-state index in [4.69, 9.17) is 9.72 Å². The van der Waals surface area contributed by atoms with Crippen LogP contribution < -0.4 is 5.56 Å². The van der Waals surface area contributed by atoms with Gasteiger partial charge in [0.2, 0.25) is 0 Å². The van der Waals surface area contributed by atoms with Crippen LogP contribution in [0.1, 0.15) is 59.8 Å². The summed E-state index contributed by atoms with van der Waals surface area (Å²) in [6, 6.07) is 8.15. The fraction of sp³-hybridized carbons (Fsp3) is 0.400. The zero-order valence-corrected chi connectivity index (χ0v) is 22.1. The first-order valence-electron chi connectivity index (χ1n) is 11.2. The largest absolute Gasteiger partial charge is 0.462 e. The number of esters is 1. The molecule has 0 N–H and O–H groups in total. The van der Waals surface area contributed by atoms with Crippen molar-refractivity contribution in [1.29, 1.82) is 0 Å². The predicted octanol–water partition coefficient (Wildman–Crippen LogP) is 6.89. The van der Waals surface area contributed by atoms with Gasteiger partial charge in [0.25, 0.3) is 5.56 Å². The summed E-state index contributed by atoms with van der Waals surface area (Å²) in [5.41, 5.74) is 3.17. The SMILES string of the molecule is CCOC(=O)c1sc2nc(SCc3cccc(Br)c3)n(CCC3=CCCCC3)c(=O)c2c1C. The molecule has 0 saturated carbocycles. The summed E-state index contributed by atoms with van der Waals surface area (Å²) in [7, 11) is 0. The Morgan fingerprint density at radius 3 is 2.91 bits per heavy atom. The summed E-state index contributed by atoms with van der Waals surface area (Å²) in [6.45, 7) is 4.49. The molecular formula is C25H27BrN2O3S2. The average molecular weight is 548 g/mol. The predicted molar refractivity (Wildman–Crippen MR) is 139 cm³/mol. The number of aryl methyl sites for hydroxylation is 1. The van der Waals surface area contributed by atoms with Gasteiger partial charge in [0, 0.05) is 16.8 Å². The van der Waals surface area contributed by atoms with Gasteiger partial charge in [0.05, 0.1) is 12.0 Å². The number of benzene rings is 1. The zero-order chi connectivity index (χ0) is 23.4. The van der Waals surface area contributed by atoms with E-state index in [0.717, 1.165) is 29.3 Å². The number of ether oxygens (including phenoxy) is 1. The number of thiophene rings is 1. The second kappa shape index (κ2) is 11.0. The van der Waals surface area contributed by atoms with Crippen molar-refractivity contribution >= 4 is 55.2 Å². The number of hydrogen-bond donors (Lipinski definition) is 0. The lowest BCUT2D eigenvalue weighted by atomic mass is 9.97. The Morgan fingerprint density at radius 1 is 1.33 bits per heavy atom. The number of thioether (sulfide) groups is 1. The van der Waals surface area contributed by atoms with Crippen molar-refractivity contribution in [3.63, 3.8) is 0 Å². The van der Waals surface area contributed by atoms with E-state index < -0.39 is 0 Å². The molecule has 1 aliphatic carbocycles. The molecule has 2 aromatic heterocycles. The van der Waals surface area contributed by atoms with Crippen LogP contribution in [0.2, 0.25) is 0 Å². The van der Waals surface area contributed by atoms with E-state index in [2.05, 4.69) is 34.1 Å². The quantitative estimate of drug-likeness (QED) is 0.133. The van der Waals surface area contributed by atoms with Crippen LogP contribution in [0.15, 0.2) is 50.3 Å². The third-order valence-corrected chi connectivity index (χ3v) is 8.48. The molecule has 0 spiro atoms. The highest BCUT2D eigenvalue weighted by Crippen LogP contribution is 2.31. The van der Waals surface area contributed by atoms with Crippen molar-refractivity contribution in [3.8, 4) is 0 Å². The molecule has 2 heterocycles. The van der Waals surface area contributed by atoms with Crippen molar-refractivity contribution in [2.45, 2.75) is 63.4 Å². The molecule has 1 aliphatic rings. The van der Waals surface area contributed by atoms with Gasteiger partial charge in [-0.25, -0.2) is 9.78 Å². The molecule has 0 fully saturated rings. The molecule has 3 aromatic rings. The topological polar surface area (TPSA) is 61.2 Å². The van der Waals surface area contributed by atoms with Crippen LogP contribution in [0.5, 0.6) is 0 Å². The Bertz CT molecular complexity index is 1260. The highest BCUT2D eigenvalue weighted by Gasteiger charge is 2.22. The van der Waals surface area contributed by atoms with E-state index >= 15 is 0 Å². The van der Waals surface area contributed by atoms with Crippen molar-refractivity contribution in [3.05, 3.63) is 66.7 Å². The van der Waals surface area contributed by atoms with Crippen LogP contribution in [-0.4, -0.2) is 22.1 Å². The molecule has 4 rings (SSSR count).